The Kier molecular flexibility index (Phi) is 5.95. The Hall–Kier alpha value is -1.83. The summed E-state index contributed by atoms with van der Waals surface area (Å²) in [6.07, 6.45) is -2.67. The van der Waals surface area contributed by atoms with Crippen LogP contribution in [0.15, 0.2) is 18.3 Å². The molecule has 5 nitrogen and oxygen atoms in total. The topological polar surface area (TPSA) is 77.2 Å². The van der Waals surface area contributed by atoms with Gasteiger partial charge in [-0.2, -0.15) is 13.2 Å². The molecule has 1 atom stereocenters. The first-order valence-electron chi connectivity index (χ1n) is 6.39. The molecule has 1 heterocycles. The fourth-order valence-electron chi connectivity index (χ4n) is 1.55. The molecule has 3 N–H and O–H groups in total. The van der Waals surface area contributed by atoms with Crippen LogP contribution in [-0.4, -0.2) is 29.7 Å². The summed E-state index contributed by atoms with van der Waals surface area (Å²) < 4.78 is 40.3. The van der Waals surface area contributed by atoms with Crippen LogP contribution in [0.3, 0.4) is 0 Å². The van der Waals surface area contributed by atoms with Crippen molar-refractivity contribution in [3.8, 4) is 5.88 Å². The van der Waals surface area contributed by atoms with Crippen molar-refractivity contribution < 1.29 is 22.7 Å². The van der Waals surface area contributed by atoms with Gasteiger partial charge in [-0.3, -0.25) is 4.79 Å². The van der Waals surface area contributed by atoms with Crippen molar-refractivity contribution in [2.45, 2.75) is 32.5 Å². The largest absolute Gasteiger partial charge is 0.468 e. The van der Waals surface area contributed by atoms with Gasteiger partial charge in [-0.25, -0.2) is 4.98 Å². The highest BCUT2D eigenvalue weighted by Gasteiger charge is 2.28. The second-order valence-electron chi connectivity index (χ2n) is 5.01. The van der Waals surface area contributed by atoms with Gasteiger partial charge in [0.1, 0.15) is 0 Å². The lowest BCUT2D eigenvalue weighted by molar-refractivity contribution is -0.154. The van der Waals surface area contributed by atoms with E-state index in [9.17, 15) is 18.0 Å². The molecule has 0 radical (unpaired) electrons. The van der Waals surface area contributed by atoms with Crippen LogP contribution in [-0.2, 0) is 4.79 Å². The van der Waals surface area contributed by atoms with Crippen molar-refractivity contribution in [3.05, 3.63) is 18.3 Å². The average Bonchev–Trinajstić information content (AvgIpc) is 2.36. The van der Waals surface area contributed by atoms with Crippen LogP contribution in [0.5, 0.6) is 5.88 Å². The highest BCUT2D eigenvalue weighted by Crippen LogP contribution is 2.18. The third-order valence-electron chi connectivity index (χ3n) is 2.45. The smallest absolute Gasteiger partial charge is 0.422 e. The van der Waals surface area contributed by atoms with Gasteiger partial charge in [0.25, 0.3) is 0 Å². The van der Waals surface area contributed by atoms with E-state index in [2.05, 4.69) is 15.0 Å². The summed E-state index contributed by atoms with van der Waals surface area (Å²) in [4.78, 5) is 15.4. The van der Waals surface area contributed by atoms with Gasteiger partial charge in [-0.1, -0.05) is 13.8 Å². The summed E-state index contributed by atoms with van der Waals surface area (Å²) in [6.45, 7) is 2.48. The van der Waals surface area contributed by atoms with E-state index in [1.54, 1.807) is 0 Å². The van der Waals surface area contributed by atoms with Gasteiger partial charge >= 0.3 is 6.18 Å². The lowest BCUT2D eigenvalue weighted by Crippen LogP contribution is -2.36. The van der Waals surface area contributed by atoms with Crippen LogP contribution in [0.2, 0.25) is 0 Å². The number of aromatic nitrogens is 1. The normalized spacial score (nSPS) is 13.1. The Morgan fingerprint density at radius 2 is 2.10 bits per heavy atom. The van der Waals surface area contributed by atoms with Gasteiger partial charge in [0.2, 0.25) is 11.8 Å². The van der Waals surface area contributed by atoms with E-state index < -0.39 is 18.8 Å². The van der Waals surface area contributed by atoms with E-state index in [1.165, 1.54) is 18.3 Å². The molecule has 0 fully saturated rings. The second-order valence-corrected chi connectivity index (χ2v) is 5.01. The molecule has 0 saturated heterocycles. The Balaban J connectivity index is 2.52. The minimum absolute atomic E-state index is 0.170. The zero-order valence-corrected chi connectivity index (χ0v) is 11.8. The summed E-state index contributed by atoms with van der Waals surface area (Å²) in [5.41, 5.74) is 6.06. The number of carbonyl (C=O) groups excluding carboxylic acids is 1. The van der Waals surface area contributed by atoms with E-state index in [0.29, 0.717) is 12.1 Å². The van der Waals surface area contributed by atoms with Crippen molar-refractivity contribution in [2.75, 3.05) is 11.9 Å². The molecule has 0 aliphatic heterocycles. The summed E-state index contributed by atoms with van der Waals surface area (Å²) in [7, 11) is 0. The first-order chi connectivity index (χ1) is 9.67. The molecule has 0 saturated carbocycles. The number of nitrogens with two attached hydrogens (primary N) is 1. The Morgan fingerprint density at radius 3 is 2.57 bits per heavy atom. The molecular weight excluding hydrogens is 287 g/mol. The Labute approximate surface area is 120 Å². The number of carbonyl (C=O) groups is 1. The van der Waals surface area contributed by atoms with E-state index in [-0.39, 0.29) is 17.7 Å². The zero-order valence-electron chi connectivity index (χ0n) is 11.8. The van der Waals surface area contributed by atoms with Gasteiger partial charge in [0.15, 0.2) is 6.61 Å². The van der Waals surface area contributed by atoms with Crippen LogP contribution >= 0.6 is 0 Å². The molecule has 21 heavy (non-hydrogen) atoms. The molecule has 0 aromatic carbocycles. The molecule has 1 aromatic rings. The zero-order chi connectivity index (χ0) is 16.0. The van der Waals surface area contributed by atoms with Crippen molar-refractivity contribution in [1.82, 2.24) is 4.98 Å². The highest BCUT2D eigenvalue weighted by atomic mass is 19.4. The van der Waals surface area contributed by atoms with Crippen molar-refractivity contribution >= 4 is 11.6 Å². The molecule has 1 amide bonds. The summed E-state index contributed by atoms with van der Waals surface area (Å²) >= 11 is 0. The molecule has 1 aromatic heterocycles. The fraction of sp³-hybridized carbons (Fsp3) is 0.538. The van der Waals surface area contributed by atoms with Gasteiger partial charge < -0.3 is 15.8 Å². The average molecular weight is 305 g/mol. The lowest BCUT2D eigenvalue weighted by atomic mass is 10.0. The predicted octanol–water partition coefficient (Wildman–Crippen LogP) is 2.33. The van der Waals surface area contributed by atoms with Crippen LogP contribution in [0, 0.1) is 5.92 Å². The summed E-state index contributed by atoms with van der Waals surface area (Å²) in [5.74, 6) is -0.256. The number of anilines is 1. The highest BCUT2D eigenvalue weighted by molar-refractivity contribution is 5.94. The molecule has 0 bridgehead atoms. The first-order valence-corrected chi connectivity index (χ1v) is 6.39. The number of rotatable bonds is 6. The number of nitrogens with one attached hydrogen (secondary N) is 1. The quantitative estimate of drug-likeness (QED) is 0.845. The van der Waals surface area contributed by atoms with Crippen molar-refractivity contribution in [1.29, 1.82) is 0 Å². The number of hydrogen-bond donors (Lipinski definition) is 2. The predicted molar refractivity (Wildman–Crippen MR) is 71.8 cm³/mol. The van der Waals surface area contributed by atoms with E-state index >= 15 is 0 Å². The van der Waals surface area contributed by atoms with Crippen LogP contribution in [0.25, 0.3) is 0 Å². The lowest BCUT2D eigenvalue weighted by Gasteiger charge is -2.14. The molecule has 0 aliphatic carbocycles. The van der Waals surface area contributed by atoms with E-state index in [4.69, 9.17) is 5.73 Å². The van der Waals surface area contributed by atoms with Crippen LogP contribution in [0.1, 0.15) is 20.3 Å². The molecule has 118 valence electrons. The SMILES string of the molecule is CC(C)C[C@H](N)C(=O)Nc1ccc(OCC(F)(F)F)nc1. The molecular formula is C13H18F3N3O2. The van der Waals surface area contributed by atoms with E-state index in [0.717, 1.165) is 0 Å². The Bertz CT molecular complexity index is 461. The number of halogens is 3. The maximum Gasteiger partial charge on any atom is 0.422 e. The van der Waals surface area contributed by atoms with Crippen LogP contribution < -0.4 is 15.8 Å². The fourth-order valence-corrected chi connectivity index (χ4v) is 1.55. The number of hydrogen-bond acceptors (Lipinski definition) is 4. The van der Waals surface area contributed by atoms with Crippen molar-refractivity contribution in [3.63, 3.8) is 0 Å². The maximum absolute atomic E-state index is 12.0. The number of amides is 1. The van der Waals surface area contributed by atoms with Crippen LogP contribution in [0.4, 0.5) is 18.9 Å². The molecule has 0 unspecified atom stereocenters. The van der Waals surface area contributed by atoms with Gasteiger partial charge in [-0.15, -0.1) is 0 Å². The third kappa shape index (κ3) is 6.94. The number of ether oxygens (including phenoxy) is 1. The van der Waals surface area contributed by atoms with Gasteiger partial charge in [0, 0.05) is 6.07 Å². The summed E-state index contributed by atoms with van der Waals surface area (Å²) in [5, 5.41) is 2.54. The minimum Gasteiger partial charge on any atom is -0.468 e. The minimum atomic E-state index is -4.42. The van der Waals surface area contributed by atoms with E-state index in [1.807, 2.05) is 13.8 Å². The number of pyridine rings is 1. The maximum atomic E-state index is 12.0. The molecule has 0 spiro atoms. The van der Waals surface area contributed by atoms with Gasteiger partial charge in [0.05, 0.1) is 17.9 Å². The number of alkyl halides is 3. The molecule has 1 rings (SSSR count). The monoisotopic (exact) mass is 305 g/mol. The second kappa shape index (κ2) is 7.26. The molecule has 0 aliphatic rings. The Morgan fingerprint density at radius 1 is 1.43 bits per heavy atom. The van der Waals surface area contributed by atoms with Crippen molar-refractivity contribution in [2.24, 2.45) is 11.7 Å². The number of nitrogens with zero attached hydrogens (tertiary/aromatic N) is 1. The first kappa shape index (κ1) is 17.2. The molecule has 8 heteroatoms. The third-order valence-corrected chi connectivity index (χ3v) is 2.45. The standard InChI is InChI=1S/C13H18F3N3O2/c1-8(2)5-10(17)12(20)19-9-3-4-11(18-6-9)21-7-13(14,15)16/h3-4,6,8,10H,5,7,17H2,1-2H3,(H,19,20)/t10-/m0/s1. The summed E-state index contributed by atoms with van der Waals surface area (Å²) in [6, 6.07) is 2.00. The van der Waals surface area contributed by atoms with Gasteiger partial charge in [-0.05, 0) is 18.4 Å².